The van der Waals surface area contributed by atoms with Crippen molar-refractivity contribution in [1.29, 1.82) is 0 Å². The van der Waals surface area contributed by atoms with Crippen molar-refractivity contribution >= 4 is 11.8 Å². The second-order valence-electron chi connectivity index (χ2n) is 5.55. The van der Waals surface area contributed by atoms with Crippen molar-refractivity contribution in [1.82, 2.24) is 10.2 Å². The molecule has 0 radical (unpaired) electrons. The van der Waals surface area contributed by atoms with Crippen molar-refractivity contribution in [3.63, 3.8) is 0 Å². The van der Waals surface area contributed by atoms with Crippen LogP contribution in [0.5, 0.6) is 0 Å². The lowest BCUT2D eigenvalue weighted by Crippen LogP contribution is -2.40. The van der Waals surface area contributed by atoms with Crippen molar-refractivity contribution in [2.75, 3.05) is 13.1 Å². The Balaban J connectivity index is 1.94. The first-order valence-corrected chi connectivity index (χ1v) is 7.78. The molecule has 0 aliphatic heterocycles. The largest absolute Gasteiger partial charge is 0.466 e. The highest BCUT2D eigenvalue weighted by molar-refractivity contribution is 5.97. The minimum atomic E-state index is -0.321. The van der Waals surface area contributed by atoms with Crippen LogP contribution in [0.25, 0.3) is 0 Å². The molecule has 2 amide bonds. The molecule has 1 aromatic carbocycles. The topological polar surface area (TPSA) is 62.6 Å². The maximum absolute atomic E-state index is 12.8. The van der Waals surface area contributed by atoms with Crippen LogP contribution in [-0.2, 0) is 11.3 Å². The first-order valence-electron chi connectivity index (χ1n) is 7.78. The number of carbonyl (C=O) groups excluding carboxylic acids is 2. The quantitative estimate of drug-likeness (QED) is 0.885. The summed E-state index contributed by atoms with van der Waals surface area (Å²) in [6.45, 7) is 5.97. The number of amides is 2. The summed E-state index contributed by atoms with van der Waals surface area (Å²) >= 11 is 0. The fraction of sp³-hybridized carbons (Fsp3) is 0.333. The van der Waals surface area contributed by atoms with Crippen molar-refractivity contribution in [3.05, 3.63) is 58.8 Å². The number of benzene rings is 1. The van der Waals surface area contributed by atoms with Gasteiger partial charge in [0.05, 0.1) is 12.1 Å². The van der Waals surface area contributed by atoms with E-state index in [-0.39, 0.29) is 30.7 Å². The number of nitrogens with one attached hydrogen (secondary N) is 1. The van der Waals surface area contributed by atoms with E-state index in [4.69, 9.17) is 4.42 Å². The molecule has 1 N–H and O–H groups in total. The maximum atomic E-state index is 12.8. The Morgan fingerprint density at radius 3 is 2.42 bits per heavy atom. The van der Waals surface area contributed by atoms with E-state index >= 15 is 0 Å². The second-order valence-corrected chi connectivity index (χ2v) is 5.55. The Morgan fingerprint density at radius 1 is 1.21 bits per heavy atom. The minimum absolute atomic E-state index is 0.0415. The number of carbonyl (C=O) groups is 2. The molecule has 0 saturated carbocycles. The van der Waals surface area contributed by atoms with Crippen molar-refractivity contribution in [3.8, 4) is 0 Å². The molecule has 5 nitrogen and oxygen atoms in total. The first-order chi connectivity index (χ1) is 11.4. The third-order valence-corrected chi connectivity index (χ3v) is 3.68. The van der Waals surface area contributed by atoms with Crippen molar-refractivity contribution in [2.24, 2.45) is 0 Å². The minimum Gasteiger partial charge on any atom is -0.466 e. The van der Waals surface area contributed by atoms with Crippen LogP contribution in [0.15, 0.2) is 34.7 Å². The Morgan fingerprint density at radius 2 is 1.88 bits per heavy atom. The Hall–Kier alpha value is -2.63. The van der Waals surface area contributed by atoms with Crippen molar-refractivity contribution in [2.45, 2.75) is 27.3 Å². The van der Waals surface area contributed by atoms with E-state index in [0.717, 1.165) is 5.56 Å². The van der Waals surface area contributed by atoms with Crippen LogP contribution >= 0.6 is 0 Å². The molecular weight excluding hydrogens is 311 g/mol. The predicted octanol–water partition coefficient (Wildman–Crippen LogP) is 2.81. The molecule has 0 bridgehead atoms. The fourth-order valence-corrected chi connectivity index (χ4v) is 2.37. The SMILES string of the molecule is CCN(CC(=O)NCc1ccc(F)cc1)C(=O)c1cc(C)oc1C. The maximum Gasteiger partial charge on any atom is 0.257 e. The van der Waals surface area contributed by atoms with Crippen LogP contribution < -0.4 is 5.32 Å². The monoisotopic (exact) mass is 332 g/mol. The Bertz CT molecular complexity index is 722. The molecule has 2 aromatic rings. The molecule has 24 heavy (non-hydrogen) atoms. The molecular formula is C18H21FN2O3. The first kappa shape index (κ1) is 17.7. The van der Waals surface area contributed by atoms with E-state index in [9.17, 15) is 14.0 Å². The molecule has 0 aliphatic carbocycles. The smallest absolute Gasteiger partial charge is 0.257 e. The van der Waals surface area contributed by atoms with Crippen LogP contribution in [0.1, 0.15) is 34.4 Å². The van der Waals surface area contributed by atoms with E-state index in [1.54, 1.807) is 32.0 Å². The van der Waals surface area contributed by atoms with Crippen LogP contribution in [-0.4, -0.2) is 29.8 Å². The highest BCUT2D eigenvalue weighted by Gasteiger charge is 2.21. The van der Waals surface area contributed by atoms with Gasteiger partial charge in [0.15, 0.2) is 0 Å². The molecule has 6 heteroatoms. The van der Waals surface area contributed by atoms with Crippen LogP contribution in [0.2, 0.25) is 0 Å². The fourth-order valence-electron chi connectivity index (χ4n) is 2.37. The predicted molar refractivity (Wildman–Crippen MR) is 88.0 cm³/mol. The van der Waals surface area contributed by atoms with Gasteiger partial charge >= 0.3 is 0 Å². The van der Waals surface area contributed by atoms with Crippen molar-refractivity contribution < 1.29 is 18.4 Å². The molecule has 2 rings (SSSR count). The van der Waals surface area contributed by atoms with Crippen LogP contribution in [0.3, 0.4) is 0 Å². The Labute approximate surface area is 140 Å². The summed E-state index contributed by atoms with van der Waals surface area (Å²) in [5.41, 5.74) is 1.26. The van der Waals surface area contributed by atoms with E-state index in [1.807, 2.05) is 6.92 Å². The number of nitrogens with zero attached hydrogens (tertiary/aromatic N) is 1. The zero-order valence-electron chi connectivity index (χ0n) is 14.1. The third-order valence-electron chi connectivity index (χ3n) is 3.68. The molecule has 0 saturated heterocycles. The van der Waals surface area contributed by atoms with Gasteiger partial charge in [-0.15, -0.1) is 0 Å². The van der Waals surface area contributed by atoms with Crippen LogP contribution in [0.4, 0.5) is 4.39 Å². The molecule has 0 atom stereocenters. The molecule has 0 unspecified atom stereocenters. The third kappa shape index (κ3) is 4.44. The summed E-state index contributed by atoms with van der Waals surface area (Å²) in [5, 5.41) is 2.73. The summed E-state index contributed by atoms with van der Waals surface area (Å²) < 4.78 is 18.2. The average Bonchev–Trinajstić information content (AvgIpc) is 2.90. The highest BCUT2D eigenvalue weighted by atomic mass is 19.1. The van der Waals surface area contributed by atoms with E-state index in [2.05, 4.69) is 5.32 Å². The number of furan rings is 1. The average molecular weight is 332 g/mol. The van der Waals surface area contributed by atoms with Gasteiger partial charge in [-0.1, -0.05) is 12.1 Å². The number of hydrogen-bond donors (Lipinski definition) is 1. The number of hydrogen-bond acceptors (Lipinski definition) is 3. The molecule has 128 valence electrons. The van der Waals surface area contributed by atoms with E-state index in [1.165, 1.54) is 17.0 Å². The van der Waals surface area contributed by atoms with Crippen LogP contribution in [0, 0.1) is 19.7 Å². The molecule has 1 heterocycles. The lowest BCUT2D eigenvalue weighted by Gasteiger charge is -2.20. The zero-order valence-corrected chi connectivity index (χ0v) is 14.1. The molecule has 0 spiro atoms. The van der Waals surface area contributed by atoms with Gasteiger partial charge in [-0.25, -0.2) is 4.39 Å². The lowest BCUT2D eigenvalue weighted by atomic mass is 10.2. The number of aryl methyl sites for hydroxylation is 2. The Kier molecular flexibility index (Phi) is 5.73. The standard InChI is InChI=1S/C18H21FN2O3/c1-4-21(18(23)16-9-12(2)24-13(16)3)11-17(22)20-10-14-5-7-15(19)8-6-14/h5-9H,4,10-11H2,1-3H3,(H,20,22). The van der Waals surface area contributed by atoms with E-state index < -0.39 is 0 Å². The molecule has 0 fully saturated rings. The lowest BCUT2D eigenvalue weighted by molar-refractivity contribution is -0.121. The molecule has 1 aromatic heterocycles. The van der Waals surface area contributed by atoms with Gasteiger partial charge in [0, 0.05) is 13.1 Å². The second kappa shape index (κ2) is 7.77. The summed E-state index contributed by atoms with van der Waals surface area (Å²) in [7, 11) is 0. The van der Waals surface area contributed by atoms with Gasteiger partial charge in [0.1, 0.15) is 17.3 Å². The summed E-state index contributed by atoms with van der Waals surface area (Å²) in [6, 6.07) is 7.57. The van der Waals surface area contributed by atoms with Gasteiger partial charge in [-0.2, -0.15) is 0 Å². The zero-order chi connectivity index (χ0) is 17.7. The van der Waals surface area contributed by atoms with Gasteiger partial charge in [-0.05, 0) is 44.5 Å². The summed E-state index contributed by atoms with van der Waals surface area (Å²) in [4.78, 5) is 26.0. The van der Waals surface area contributed by atoms with Gasteiger partial charge in [0.2, 0.25) is 5.91 Å². The highest BCUT2D eigenvalue weighted by Crippen LogP contribution is 2.16. The number of rotatable bonds is 6. The van der Waals surface area contributed by atoms with Gasteiger partial charge in [0.25, 0.3) is 5.91 Å². The number of likely N-dealkylation sites (N-methyl/N-ethyl adjacent to an activating group) is 1. The number of halogens is 1. The van der Waals surface area contributed by atoms with Gasteiger partial charge < -0.3 is 14.6 Å². The normalized spacial score (nSPS) is 10.5. The van der Waals surface area contributed by atoms with E-state index in [0.29, 0.717) is 23.6 Å². The summed E-state index contributed by atoms with van der Waals surface area (Å²) in [5.74, 6) is 0.380. The summed E-state index contributed by atoms with van der Waals surface area (Å²) in [6.07, 6.45) is 0. The van der Waals surface area contributed by atoms with Gasteiger partial charge in [-0.3, -0.25) is 9.59 Å². The molecule has 0 aliphatic rings.